The summed E-state index contributed by atoms with van der Waals surface area (Å²) in [6, 6.07) is 21.8. The summed E-state index contributed by atoms with van der Waals surface area (Å²) in [5, 5.41) is 1.26. The molecule has 1 amide bonds. The number of ether oxygens (including phenoxy) is 2. The number of sulfonamides is 1. The number of nitrogens with zero attached hydrogens (tertiary/aromatic N) is 5. The van der Waals surface area contributed by atoms with Gasteiger partial charge in [0.25, 0.3) is 15.9 Å². The summed E-state index contributed by atoms with van der Waals surface area (Å²) < 4.78 is 66.0. The Morgan fingerprint density at radius 3 is 2.25 bits per heavy atom. The molecule has 0 N–H and O–H groups in total. The zero-order valence-corrected chi connectivity index (χ0v) is 30.1. The maximum atomic E-state index is 13.6. The van der Waals surface area contributed by atoms with Crippen molar-refractivity contribution in [3.05, 3.63) is 106 Å². The van der Waals surface area contributed by atoms with Crippen molar-refractivity contribution < 1.29 is 31.5 Å². The molecule has 1 saturated heterocycles. The summed E-state index contributed by atoms with van der Waals surface area (Å²) in [5.41, 5.74) is 2.71. The monoisotopic (exact) mass is 757 g/mol. The van der Waals surface area contributed by atoms with Gasteiger partial charge in [0, 0.05) is 64.3 Å². The van der Waals surface area contributed by atoms with E-state index in [-0.39, 0.29) is 26.7 Å². The Kier molecular flexibility index (Phi) is 11.0. The summed E-state index contributed by atoms with van der Waals surface area (Å²) in [6.45, 7) is 1.43. The van der Waals surface area contributed by atoms with Crippen LogP contribution in [0.1, 0.15) is 16.1 Å². The molecule has 3 aromatic carbocycles. The molecule has 0 spiro atoms. The second-order valence-electron chi connectivity index (χ2n) is 12.1. The molecule has 6 rings (SSSR count). The van der Waals surface area contributed by atoms with Crippen LogP contribution in [0.25, 0.3) is 10.9 Å². The van der Waals surface area contributed by atoms with Crippen LogP contribution in [0, 0.1) is 0 Å². The van der Waals surface area contributed by atoms with Crippen molar-refractivity contribution in [3.63, 3.8) is 0 Å². The predicted molar refractivity (Wildman–Crippen MR) is 193 cm³/mol. The maximum Gasteiger partial charge on any atom is 0.270 e. The third-order valence-electron chi connectivity index (χ3n) is 8.73. The number of carbonyl (C=O) groups excluding carboxylic acids is 1. The highest BCUT2D eigenvalue weighted by Crippen LogP contribution is 2.31. The van der Waals surface area contributed by atoms with Crippen molar-refractivity contribution >= 4 is 55.7 Å². The lowest BCUT2D eigenvalue weighted by Crippen LogP contribution is -2.48. The zero-order valence-electron chi connectivity index (χ0n) is 27.8. The average molecular weight is 759 g/mol. The fraction of sp³-hybridized carbons (Fsp3) is 0.278. The number of alkyl halides is 2. The Hall–Kier alpha value is -4.43. The molecule has 268 valence electrons. The lowest BCUT2D eigenvalue weighted by Gasteiger charge is -2.34. The van der Waals surface area contributed by atoms with E-state index in [0.29, 0.717) is 55.6 Å². The molecule has 0 atom stereocenters. The molecule has 10 nitrogen and oxygen atoms in total. The molecule has 2 aromatic heterocycles. The summed E-state index contributed by atoms with van der Waals surface area (Å²) >= 11 is 12.0. The number of halogens is 4. The van der Waals surface area contributed by atoms with E-state index in [2.05, 4.69) is 9.88 Å². The van der Waals surface area contributed by atoms with Gasteiger partial charge in [-0.3, -0.25) is 14.0 Å². The van der Waals surface area contributed by atoms with Gasteiger partial charge in [-0.05, 0) is 60.2 Å². The van der Waals surface area contributed by atoms with Crippen LogP contribution in [-0.2, 0) is 23.6 Å². The predicted octanol–water partition coefficient (Wildman–Crippen LogP) is 7.14. The SMILES string of the molecule is CN(c1ccc(Oc2ccc3cc(C(=O)N4CCN(Cc5ccc(OC(CF)CF)cc5)CC4)n(C)c3c2)nc1)S(=O)(=O)c1ccc(Cl)c(Cl)c1. The zero-order chi connectivity index (χ0) is 36.3. The highest BCUT2D eigenvalue weighted by atomic mass is 35.5. The quantitative estimate of drug-likeness (QED) is 0.134. The van der Waals surface area contributed by atoms with Gasteiger partial charge in [0.2, 0.25) is 5.88 Å². The number of aryl methyl sites for hydroxylation is 1. The molecule has 0 saturated carbocycles. The molecule has 1 aliphatic rings. The van der Waals surface area contributed by atoms with Crippen LogP contribution >= 0.6 is 23.2 Å². The number of pyridine rings is 1. The van der Waals surface area contributed by atoms with E-state index >= 15 is 0 Å². The largest absolute Gasteiger partial charge is 0.485 e. The Labute approximate surface area is 304 Å². The van der Waals surface area contributed by atoms with E-state index in [0.717, 1.165) is 20.8 Å². The number of amides is 1. The Balaban J connectivity index is 1.06. The number of benzene rings is 3. The lowest BCUT2D eigenvalue weighted by atomic mass is 10.2. The maximum absolute atomic E-state index is 13.6. The van der Waals surface area contributed by atoms with Crippen molar-refractivity contribution in [2.24, 2.45) is 7.05 Å². The van der Waals surface area contributed by atoms with E-state index in [1.807, 2.05) is 46.8 Å². The van der Waals surface area contributed by atoms with Gasteiger partial charge in [-0.25, -0.2) is 22.2 Å². The van der Waals surface area contributed by atoms with Gasteiger partial charge >= 0.3 is 0 Å². The molecule has 1 fully saturated rings. The number of carbonyl (C=O) groups is 1. The minimum Gasteiger partial charge on any atom is -0.485 e. The molecule has 3 heterocycles. The number of aromatic nitrogens is 2. The van der Waals surface area contributed by atoms with Crippen LogP contribution < -0.4 is 13.8 Å². The van der Waals surface area contributed by atoms with Crippen molar-refractivity contribution in [1.29, 1.82) is 0 Å². The number of hydrogen-bond acceptors (Lipinski definition) is 7. The smallest absolute Gasteiger partial charge is 0.270 e. The van der Waals surface area contributed by atoms with Gasteiger partial charge in [-0.2, -0.15) is 0 Å². The molecule has 0 bridgehead atoms. The molecule has 51 heavy (non-hydrogen) atoms. The molecular weight excluding hydrogens is 723 g/mol. The molecule has 15 heteroatoms. The Morgan fingerprint density at radius 2 is 1.61 bits per heavy atom. The van der Waals surface area contributed by atoms with E-state index < -0.39 is 29.5 Å². The number of fused-ring (bicyclic) bond motifs is 1. The first-order chi connectivity index (χ1) is 24.5. The highest BCUT2D eigenvalue weighted by molar-refractivity contribution is 7.92. The van der Waals surface area contributed by atoms with Crippen LogP contribution in [-0.4, -0.2) is 86.4 Å². The third kappa shape index (κ3) is 8.06. The van der Waals surface area contributed by atoms with Crippen molar-refractivity contribution in [2.45, 2.75) is 17.5 Å². The van der Waals surface area contributed by atoms with Crippen molar-refractivity contribution in [3.8, 4) is 17.4 Å². The number of piperazine rings is 1. The van der Waals surface area contributed by atoms with E-state index in [1.54, 1.807) is 30.3 Å². The number of hydrogen-bond donors (Lipinski definition) is 0. The van der Waals surface area contributed by atoms with Gasteiger partial charge < -0.3 is 18.9 Å². The summed E-state index contributed by atoms with van der Waals surface area (Å²) in [4.78, 5) is 22.0. The van der Waals surface area contributed by atoms with Gasteiger partial charge in [0.1, 0.15) is 30.5 Å². The van der Waals surface area contributed by atoms with Gasteiger partial charge in [0.05, 0.1) is 32.3 Å². The molecule has 5 aromatic rings. The van der Waals surface area contributed by atoms with E-state index in [4.69, 9.17) is 32.7 Å². The molecular formula is C36H35Cl2F2N5O5S. The first-order valence-corrected chi connectivity index (χ1v) is 18.2. The van der Waals surface area contributed by atoms with Gasteiger partial charge in [-0.1, -0.05) is 35.3 Å². The van der Waals surface area contributed by atoms with Crippen LogP contribution in [0.15, 0.2) is 90.0 Å². The minimum atomic E-state index is -3.92. The fourth-order valence-corrected chi connectivity index (χ4v) is 7.32. The minimum absolute atomic E-state index is 0.00616. The van der Waals surface area contributed by atoms with Crippen LogP contribution in [0.4, 0.5) is 14.5 Å². The normalized spacial score (nSPS) is 13.9. The second-order valence-corrected chi connectivity index (χ2v) is 14.9. The Bertz CT molecular complexity index is 2120. The van der Waals surface area contributed by atoms with Gasteiger partial charge in [-0.15, -0.1) is 0 Å². The van der Waals surface area contributed by atoms with E-state index in [9.17, 15) is 22.0 Å². The molecule has 1 aliphatic heterocycles. The molecule has 0 unspecified atom stereocenters. The lowest BCUT2D eigenvalue weighted by molar-refractivity contribution is 0.0619. The Morgan fingerprint density at radius 1 is 0.902 bits per heavy atom. The number of anilines is 1. The first kappa shape index (κ1) is 36.4. The second kappa shape index (κ2) is 15.4. The molecule has 0 aliphatic carbocycles. The summed E-state index contributed by atoms with van der Waals surface area (Å²) in [6.07, 6.45) is 0.306. The average Bonchev–Trinajstić information content (AvgIpc) is 3.47. The van der Waals surface area contributed by atoms with E-state index in [1.165, 1.54) is 31.4 Å². The van der Waals surface area contributed by atoms with Crippen LogP contribution in [0.3, 0.4) is 0 Å². The summed E-state index contributed by atoms with van der Waals surface area (Å²) in [5.74, 6) is 1.12. The summed E-state index contributed by atoms with van der Waals surface area (Å²) in [7, 11) is -0.663. The van der Waals surface area contributed by atoms with Crippen LogP contribution in [0.2, 0.25) is 10.0 Å². The van der Waals surface area contributed by atoms with Crippen molar-refractivity contribution in [2.75, 3.05) is 50.9 Å². The first-order valence-electron chi connectivity index (χ1n) is 16.0. The standard InChI is InChI=1S/C36H35Cl2F2N5O5S/c1-42-33-18-28(50-35-12-6-26(22-41-35)43(2)51(47,48)30-10-11-31(37)32(38)19-30)9-5-25(33)17-34(42)36(46)45-15-13-44(14-16-45)23-24-3-7-27(8-4-24)49-29(20-39)21-40/h3-12,17-19,22,29H,13-16,20-21,23H2,1-2H3. The van der Waals surface area contributed by atoms with Crippen LogP contribution in [0.5, 0.6) is 17.4 Å². The van der Waals surface area contributed by atoms with Crippen molar-refractivity contribution in [1.82, 2.24) is 19.4 Å². The van der Waals surface area contributed by atoms with Gasteiger partial charge in [0.15, 0.2) is 6.10 Å². The topological polar surface area (TPSA) is 97.2 Å². The number of rotatable bonds is 12. The fourth-order valence-electron chi connectivity index (χ4n) is 5.75. The molecule has 0 radical (unpaired) electrons. The third-order valence-corrected chi connectivity index (χ3v) is 11.2. The highest BCUT2D eigenvalue weighted by Gasteiger charge is 2.26.